The minimum absolute atomic E-state index is 0.207. The fourth-order valence-corrected chi connectivity index (χ4v) is 2.00. The van der Waals surface area contributed by atoms with E-state index < -0.39 is 5.60 Å². The first-order valence-electron chi connectivity index (χ1n) is 4.84. The highest BCUT2D eigenvalue weighted by Crippen LogP contribution is 2.28. The maximum absolute atomic E-state index is 13.4. The highest BCUT2D eigenvalue weighted by Gasteiger charge is 2.33. The van der Waals surface area contributed by atoms with Gasteiger partial charge in [-0.3, -0.25) is 0 Å². The van der Waals surface area contributed by atoms with Crippen molar-refractivity contribution in [2.24, 2.45) is 0 Å². The standard InChI is InChI=1S/C11H12ClFO2/c12-9-2-1-3-10(13)8(9)6-11(14)4-5-15-7-11/h1-3,14H,4-7H2. The molecule has 1 saturated heterocycles. The molecule has 1 aliphatic rings. The molecular formula is C11H12ClFO2. The third-order valence-electron chi connectivity index (χ3n) is 2.65. The zero-order chi connectivity index (χ0) is 10.9. The monoisotopic (exact) mass is 230 g/mol. The number of benzene rings is 1. The molecule has 1 aliphatic heterocycles. The first-order valence-corrected chi connectivity index (χ1v) is 5.22. The van der Waals surface area contributed by atoms with Gasteiger partial charge < -0.3 is 9.84 Å². The molecule has 0 spiro atoms. The Kier molecular flexibility index (Phi) is 2.96. The van der Waals surface area contributed by atoms with Gasteiger partial charge in [0.15, 0.2) is 0 Å². The molecule has 1 aromatic rings. The van der Waals surface area contributed by atoms with Crippen LogP contribution in [0.3, 0.4) is 0 Å². The highest BCUT2D eigenvalue weighted by molar-refractivity contribution is 6.31. The topological polar surface area (TPSA) is 29.5 Å². The number of aliphatic hydroxyl groups is 1. The first-order chi connectivity index (χ1) is 7.11. The molecular weight excluding hydrogens is 219 g/mol. The molecule has 1 atom stereocenters. The Morgan fingerprint density at radius 1 is 1.53 bits per heavy atom. The quantitative estimate of drug-likeness (QED) is 0.844. The van der Waals surface area contributed by atoms with Gasteiger partial charge >= 0.3 is 0 Å². The SMILES string of the molecule is OC1(Cc2c(F)cccc2Cl)CCOC1. The van der Waals surface area contributed by atoms with Crippen LogP contribution in [0.1, 0.15) is 12.0 Å². The Morgan fingerprint density at radius 3 is 2.93 bits per heavy atom. The van der Waals surface area contributed by atoms with E-state index >= 15 is 0 Å². The van der Waals surface area contributed by atoms with E-state index in [9.17, 15) is 9.50 Å². The molecule has 0 saturated carbocycles. The van der Waals surface area contributed by atoms with Crippen molar-refractivity contribution in [2.45, 2.75) is 18.4 Å². The summed E-state index contributed by atoms with van der Waals surface area (Å²) in [6, 6.07) is 4.52. The maximum atomic E-state index is 13.4. The van der Waals surface area contributed by atoms with Crippen LogP contribution in [0.4, 0.5) is 4.39 Å². The largest absolute Gasteiger partial charge is 0.387 e. The van der Waals surface area contributed by atoms with Gasteiger partial charge in [-0.25, -0.2) is 4.39 Å². The van der Waals surface area contributed by atoms with Crippen molar-refractivity contribution in [3.05, 3.63) is 34.6 Å². The molecule has 1 aromatic carbocycles. The van der Waals surface area contributed by atoms with Gasteiger partial charge in [0.05, 0.1) is 12.2 Å². The van der Waals surface area contributed by atoms with E-state index in [0.29, 0.717) is 23.6 Å². The molecule has 15 heavy (non-hydrogen) atoms. The summed E-state index contributed by atoms with van der Waals surface area (Å²) < 4.78 is 18.5. The first kappa shape index (κ1) is 10.9. The van der Waals surface area contributed by atoms with Crippen molar-refractivity contribution in [3.63, 3.8) is 0 Å². The summed E-state index contributed by atoms with van der Waals surface area (Å²) in [5.41, 5.74) is -0.599. The summed E-state index contributed by atoms with van der Waals surface area (Å²) in [5, 5.41) is 10.4. The van der Waals surface area contributed by atoms with E-state index in [1.54, 1.807) is 12.1 Å². The van der Waals surface area contributed by atoms with Crippen molar-refractivity contribution >= 4 is 11.6 Å². The van der Waals surface area contributed by atoms with Gasteiger partial charge in [0.2, 0.25) is 0 Å². The molecule has 2 rings (SSSR count). The van der Waals surface area contributed by atoms with Gasteiger partial charge in [-0.15, -0.1) is 0 Å². The zero-order valence-electron chi connectivity index (χ0n) is 8.17. The Labute approximate surface area is 92.6 Å². The minimum Gasteiger partial charge on any atom is -0.387 e. The average Bonchev–Trinajstić information content (AvgIpc) is 2.60. The van der Waals surface area contributed by atoms with Crippen LogP contribution in [0, 0.1) is 5.82 Å². The van der Waals surface area contributed by atoms with Crippen LogP contribution in [0.2, 0.25) is 5.02 Å². The second-order valence-electron chi connectivity index (χ2n) is 3.90. The molecule has 0 bridgehead atoms. The summed E-state index contributed by atoms with van der Waals surface area (Å²) in [5.74, 6) is -0.372. The third-order valence-corrected chi connectivity index (χ3v) is 3.00. The van der Waals surface area contributed by atoms with E-state index in [0.717, 1.165) is 0 Å². The Balaban J connectivity index is 2.23. The van der Waals surface area contributed by atoms with Crippen LogP contribution in [0.15, 0.2) is 18.2 Å². The lowest BCUT2D eigenvalue weighted by atomic mass is 9.93. The molecule has 0 amide bonds. The lowest BCUT2D eigenvalue weighted by molar-refractivity contribution is 0.0264. The van der Waals surface area contributed by atoms with Gasteiger partial charge in [-0.1, -0.05) is 17.7 Å². The van der Waals surface area contributed by atoms with E-state index in [4.69, 9.17) is 16.3 Å². The fraction of sp³-hybridized carbons (Fsp3) is 0.455. The molecule has 1 heterocycles. The average molecular weight is 231 g/mol. The van der Waals surface area contributed by atoms with Gasteiger partial charge in [0.1, 0.15) is 5.82 Å². The summed E-state index contributed by atoms with van der Waals surface area (Å²) in [7, 11) is 0. The predicted octanol–water partition coefficient (Wildman–Crippen LogP) is 2.17. The van der Waals surface area contributed by atoms with Crippen LogP contribution >= 0.6 is 11.6 Å². The molecule has 1 unspecified atom stereocenters. The summed E-state index contributed by atoms with van der Waals surface area (Å²) in [6.45, 7) is 0.764. The normalized spacial score (nSPS) is 25.8. The molecule has 0 radical (unpaired) electrons. The van der Waals surface area contributed by atoms with Crippen LogP contribution in [-0.4, -0.2) is 23.9 Å². The third kappa shape index (κ3) is 2.30. The summed E-state index contributed by atoms with van der Waals surface area (Å²) in [4.78, 5) is 0. The van der Waals surface area contributed by atoms with Gasteiger partial charge in [0, 0.05) is 30.0 Å². The lowest BCUT2D eigenvalue weighted by Gasteiger charge is -2.21. The summed E-state index contributed by atoms with van der Waals surface area (Å²) in [6.07, 6.45) is 0.732. The smallest absolute Gasteiger partial charge is 0.127 e. The lowest BCUT2D eigenvalue weighted by Crippen LogP contribution is -2.32. The minimum atomic E-state index is -0.966. The van der Waals surface area contributed by atoms with E-state index in [-0.39, 0.29) is 18.8 Å². The van der Waals surface area contributed by atoms with Crippen molar-refractivity contribution in [1.82, 2.24) is 0 Å². The van der Waals surface area contributed by atoms with Crippen LogP contribution in [0.25, 0.3) is 0 Å². The molecule has 1 N–H and O–H groups in total. The van der Waals surface area contributed by atoms with Crippen molar-refractivity contribution in [2.75, 3.05) is 13.2 Å². The number of hydrogen-bond acceptors (Lipinski definition) is 2. The van der Waals surface area contributed by atoms with Crippen molar-refractivity contribution in [1.29, 1.82) is 0 Å². The Hall–Kier alpha value is -0.640. The second-order valence-corrected chi connectivity index (χ2v) is 4.31. The van der Waals surface area contributed by atoms with E-state index in [2.05, 4.69) is 0 Å². The molecule has 0 aliphatic carbocycles. The number of halogens is 2. The van der Waals surface area contributed by atoms with Crippen LogP contribution in [-0.2, 0) is 11.2 Å². The van der Waals surface area contributed by atoms with Crippen molar-refractivity contribution < 1.29 is 14.2 Å². The van der Waals surface area contributed by atoms with Crippen molar-refractivity contribution in [3.8, 4) is 0 Å². The fourth-order valence-electron chi connectivity index (χ4n) is 1.77. The van der Waals surface area contributed by atoms with Gasteiger partial charge in [-0.05, 0) is 12.1 Å². The molecule has 82 valence electrons. The van der Waals surface area contributed by atoms with E-state index in [1.807, 2.05) is 0 Å². The summed E-state index contributed by atoms with van der Waals surface area (Å²) >= 11 is 5.88. The number of rotatable bonds is 2. The maximum Gasteiger partial charge on any atom is 0.127 e. The molecule has 0 aromatic heterocycles. The predicted molar refractivity (Wildman–Crippen MR) is 55.5 cm³/mol. The van der Waals surface area contributed by atoms with Gasteiger partial charge in [0.25, 0.3) is 0 Å². The van der Waals surface area contributed by atoms with Crippen LogP contribution < -0.4 is 0 Å². The Morgan fingerprint density at radius 2 is 2.33 bits per heavy atom. The highest BCUT2D eigenvalue weighted by atomic mass is 35.5. The van der Waals surface area contributed by atoms with Crippen LogP contribution in [0.5, 0.6) is 0 Å². The number of hydrogen-bond donors (Lipinski definition) is 1. The molecule has 1 fully saturated rings. The molecule has 2 nitrogen and oxygen atoms in total. The zero-order valence-corrected chi connectivity index (χ0v) is 8.93. The van der Waals surface area contributed by atoms with Gasteiger partial charge in [-0.2, -0.15) is 0 Å². The Bertz CT molecular complexity index is 341. The van der Waals surface area contributed by atoms with E-state index in [1.165, 1.54) is 6.07 Å². The number of ether oxygens (including phenoxy) is 1. The molecule has 4 heteroatoms. The second kappa shape index (κ2) is 4.08.